The van der Waals surface area contributed by atoms with Crippen molar-refractivity contribution in [2.24, 2.45) is 0 Å². The smallest absolute Gasteiger partial charge is 0.433 e. The van der Waals surface area contributed by atoms with Gasteiger partial charge in [0.25, 0.3) is 5.91 Å². The Labute approximate surface area is 234 Å². The van der Waals surface area contributed by atoms with Gasteiger partial charge in [0, 0.05) is 17.3 Å². The minimum absolute atomic E-state index is 0.133. The normalized spacial score (nSPS) is 12.5. The van der Waals surface area contributed by atoms with Gasteiger partial charge in [0.1, 0.15) is 23.3 Å². The Balaban J connectivity index is 1.99. The van der Waals surface area contributed by atoms with E-state index in [1.165, 1.54) is 17.0 Å². The molecule has 216 valence electrons. The van der Waals surface area contributed by atoms with E-state index in [1.54, 1.807) is 50.2 Å². The largest absolute Gasteiger partial charge is 0.474 e. The van der Waals surface area contributed by atoms with Gasteiger partial charge in [-0.2, -0.15) is 18.4 Å². The van der Waals surface area contributed by atoms with Crippen molar-refractivity contribution in [1.82, 2.24) is 4.98 Å². The molecular weight excluding hydrogens is 564 g/mol. The highest BCUT2D eigenvalue weighted by atomic mass is 32.2. The Kier molecular flexibility index (Phi) is 9.72. The van der Waals surface area contributed by atoms with Gasteiger partial charge in [-0.1, -0.05) is 25.1 Å². The van der Waals surface area contributed by atoms with E-state index in [1.807, 2.05) is 4.72 Å². The second-order valence-corrected chi connectivity index (χ2v) is 10.8. The highest BCUT2D eigenvalue weighted by Crippen LogP contribution is 2.31. The molecule has 1 atom stereocenters. The molecule has 3 aromatic rings. The summed E-state index contributed by atoms with van der Waals surface area (Å²) in [7, 11) is -3.87. The van der Waals surface area contributed by atoms with Gasteiger partial charge in [-0.05, 0) is 61.4 Å². The lowest BCUT2D eigenvalue weighted by Gasteiger charge is -2.22. The molecule has 13 heteroatoms. The molecule has 41 heavy (non-hydrogen) atoms. The van der Waals surface area contributed by atoms with E-state index in [4.69, 9.17) is 4.74 Å². The van der Waals surface area contributed by atoms with E-state index in [0.717, 1.165) is 30.5 Å². The van der Waals surface area contributed by atoms with Crippen molar-refractivity contribution in [2.45, 2.75) is 39.1 Å². The summed E-state index contributed by atoms with van der Waals surface area (Å²) in [6, 6.07) is 14.2. The summed E-state index contributed by atoms with van der Waals surface area (Å²) in [5, 5.41) is 9.48. The SMILES string of the molecule is CCC(C)Oc1nc(C(F)(F)F)ccc1C=CC(=O)N(Cc1cc(F)c(NS(C)(=O)=O)c(C#N)c1)c1ccccc1. The fraction of sp³-hybridized carbons (Fsp3) is 0.250. The number of nitrogens with one attached hydrogen (secondary N) is 1. The van der Waals surface area contributed by atoms with Crippen LogP contribution in [0.2, 0.25) is 0 Å². The maximum absolute atomic E-state index is 14.8. The van der Waals surface area contributed by atoms with E-state index < -0.39 is 45.4 Å². The van der Waals surface area contributed by atoms with E-state index in [0.29, 0.717) is 12.1 Å². The standard InChI is InChI=1S/C28H26F4N4O4S/c1-4-18(2)40-27-20(10-12-24(34-27)28(30,31)32)11-13-25(37)36(22-8-6-5-7-9-22)17-19-14-21(16-33)26(23(29)15-19)35-41(3,38)39/h5-15,18,35H,4,17H2,1-3H3. The Bertz CT molecular complexity index is 1590. The summed E-state index contributed by atoms with van der Waals surface area (Å²) in [5.41, 5.74) is -1.23. The van der Waals surface area contributed by atoms with E-state index >= 15 is 0 Å². The van der Waals surface area contributed by atoms with Crippen LogP contribution in [0.1, 0.15) is 42.7 Å². The van der Waals surface area contributed by atoms with Crippen LogP contribution in [0.4, 0.5) is 28.9 Å². The molecule has 0 aliphatic carbocycles. The second kappa shape index (κ2) is 12.8. The number of benzene rings is 2. The van der Waals surface area contributed by atoms with E-state index in [-0.39, 0.29) is 29.1 Å². The van der Waals surface area contributed by atoms with Crippen LogP contribution in [-0.2, 0) is 27.5 Å². The molecule has 0 spiro atoms. The van der Waals surface area contributed by atoms with Gasteiger partial charge in [0.15, 0.2) is 0 Å². The number of carbonyl (C=O) groups is 1. The maximum Gasteiger partial charge on any atom is 0.433 e. The topological polar surface area (TPSA) is 112 Å². The summed E-state index contributed by atoms with van der Waals surface area (Å²) in [5.74, 6) is -1.93. The molecular formula is C28H26F4N4O4S. The first kappa shape index (κ1) is 31.1. The van der Waals surface area contributed by atoms with Crippen LogP contribution in [0.5, 0.6) is 5.88 Å². The van der Waals surface area contributed by atoms with Crippen LogP contribution in [0.25, 0.3) is 6.08 Å². The molecule has 0 aliphatic heterocycles. The van der Waals surface area contributed by atoms with Crippen LogP contribution in [-0.4, -0.2) is 31.7 Å². The van der Waals surface area contributed by atoms with Gasteiger partial charge in [-0.25, -0.2) is 17.8 Å². The van der Waals surface area contributed by atoms with Crippen LogP contribution < -0.4 is 14.4 Å². The lowest BCUT2D eigenvalue weighted by molar-refractivity contribution is -0.141. The van der Waals surface area contributed by atoms with Crippen molar-refractivity contribution in [3.63, 3.8) is 0 Å². The first-order valence-electron chi connectivity index (χ1n) is 12.2. The van der Waals surface area contributed by atoms with Crippen LogP contribution in [0.15, 0.2) is 60.7 Å². The molecule has 1 aromatic heterocycles. The zero-order chi connectivity index (χ0) is 30.4. The zero-order valence-electron chi connectivity index (χ0n) is 22.2. The third-order valence-electron chi connectivity index (χ3n) is 5.71. The Hall–Kier alpha value is -4.44. The Morgan fingerprint density at radius 3 is 2.46 bits per heavy atom. The number of nitrogens with zero attached hydrogens (tertiary/aromatic N) is 3. The quantitative estimate of drug-likeness (QED) is 0.232. The summed E-state index contributed by atoms with van der Waals surface area (Å²) in [4.78, 5) is 18.2. The first-order chi connectivity index (χ1) is 19.2. The number of ether oxygens (including phenoxy) is 1. The second-order valence-electron chi connectivity index (χ2n) is 9.00. The number of alkyl halides is 3. The van der Waals surface area contributed by atoms with E-state index in [9.17, 15) is 36.0 Å². The monoisotopic (exact) mass is 590 g/mol. The van der Waals surface area contributed by atoms with E-state index in [2.05, 4.69) is 4.98 Å². The van der Waals surface area contributed by atoms with Crippen LogP contribution in [0, 0.1) is 17.1 Å². The maximum atomic E-state index is 14.8. The number of hydrogen-bond acceptors (Lipinski definition) is 6. The molecule has 2 aromatic carbocycles. The summed E-state index contributed by atoms with van der Waals surface area (Å²) >= 11 is 0. The minimum atomic E-state index is -4.69. The minimum Gasteiger partial charge on any atom is -0.474 e. The molecule has 0 fully saturated rings. The fourth-order valence-electron chi connectivity index (χ4n) is 3.57. The lowest BCUT2D eigenvalue weighted by atomic mass is 10.1. The number of aromatic nitrogens is 1. The summed E-state index contributed by atoms with van der Waals surface area (Å²) < 4.78 is 85.3. The molecule has 8 nitrogen and oxygen atoms in total. The number of nitriles is 1. The molecule has 1 unspecified atom stereocenters. The average molecular weight is 591 g/mol. The number of anilines is 2. The van der Waals surface area contributed by atoms with Gasteiger partial charge < -0.3 is 9.64 Å². The number of sulfonamides is 1. The fourth-order valence-corrected chi connectivity index (χ4v) is 4.15. The number of rotatable bonds is 10. The van der Waals surface area contributed by atoms with Crippen molar-refractivity contribution >= 4 is 33.4 Å². The highest BCUT2D eigenvalue weighted by molar-refractivity contribution is 7.92. The number of carbonyl (C=O) groups excluding carboxylic acids is 1. The third kappa shape index (κ3) is 8.52. The van der Waals surface area contributed by atoms with Gasteiger partial charge >= 0.3 is 6.18 Å². The van der Waals surface area contributed by atoms with Crippen molar-refractivity contribution in [3.05, 3.63) is 88.9 Å². The molecule has 0 saturated carbocycles. The molecule has 0 bridgehead atoms. The van der Waals surface area contributed by atoms with Crippen molar-refractivity contribution < 1.29 is 35.5 Å². The van der Waals surface area contributed by atoms with Gasteiger partial charge in [0.05, 0.1) is 24.5 Å². The predicted molar refractivity (Wildman–Crippen MR) is 146 cm³/mol. The molecule has 1 heterocycles. The lowest BCUT2D eigenvalue weighted by Crippen LogP contribution is -2.28. The highest BCUT2D eigenvalue weighted by Gasteiger charge is 2.33. The van der Waals surface area contributed by atoms with Gasteiger partial charge in [-0.15, -0.1) is 0 Å². The number of para-hydroxylation sites is 1. The van der Waals surface area contributed by atoms with Gasteiger partial charge in [0.2, 0.25) is 15.9 Å². The Morgan fingerprint density at radius 1 is 1.20 bits per heavy atom. The number of halogens is 4. The average Bonchev–Trinajstić information content (AvgIpc) is 2.91. The Morgan fingerprint density at radius 2 is 1.88 bits per heavy atom. The number of pyridine rings is 1. The summed E-state index contributed by atoms with van der Waals surface area (Å²) in [6.07, 6.45) is -1.44. The molecule has 3 rings (SSSR count). The predicted octanol–water partition coefficient (Wildman–Crippen LogP) is 5.91. The molecule has 1 amide bonds. The molecule has 0 saturated heterocycles. The first-order valence-corrected chi connectivity index (χ1v) is 14.1. The molecule has 1 N–H and O–H groups in total. The number of hydrogen-bond donors (Lipinski definition) is 1. The number of amides is 1. The molecule has 0 aliphatic rings. The van der Waals surface area contributed by atoms with Gasteiger partial charge in [-0.3, -0.25) is 9.52 Å². The third-order valence-corrected chi connectivity index (χ3v) is 6.28. The van der Waals surface area contributed by atoms with Crippen LogP contribution >= 0.6 is 0 Å². The van der Waals surface area contributed by atoms with Crippen molar-refractivity contribution in [2.75, 3.05) is 15.9 Å². The van der Waals surface area contributed by atoms with Crippen LogP contribution in [0.3, 0.4) is 0 Å². The zero-order valence-corrected chi connectivity index (χ0v) is 23.1. The summed E-state index contributed by atoms with van der Waals surface area (Å²) in [6.45, 7) is 3.24. The van der Waals surface area contributed by atoms with Crippen molar-refractivity contribution in [1.29, 1.82) is 5.26 Å². The van der Waals surface area contributed by atoms with Crippen molar-refractivity contribution in [3.8, 4) is 11.9 Å². The molecule has 0 radical (unpaired) electrons.